The number of nitrogens with two attached hydrogens (primary N) is 1. The standard InChI is InChI=1S/C9H10N6OS/c1-5-12-9(17-15-5)13-8(16)7-4-6(14-10)2-3-11-7/h2-4H,10H2,1H3,(H,11,14)(H,12,13,15,16). The average Bonchev–Trinajstić information content (AvgIpc) is 2.75. The monoisotopic (exact) mass is 250 g/mol. The number of aromatic nitrogens is 3. The summed E-state index contributed by atoms with van der Waals surface area (Å²) >= 11 is 1.12. The van der Waals surface area contributed by atoms with E-state index in [9.17, 15) is 4.79 Å². The number of hydrazine groups is 1. The Kier molecular flexibility index (Phi) is 3.26. The van der Waals surface area contributed by atoms with Crippen molar-refractivity contribution in [2.75, 3.05) is 10.7 Å². The molecule has 88 valence electrons. The van der Waals surface area contributed by atoms with Crippen LogP contribution < -0.4 is 16.6 Å². The number of hydrogen-bond donors (Lipinski definition) is 3. The molecule has 2 aromatic rings. The van der Waals surface area contributed by atoms with E-state index in [1.54, 1.807) is 19.1 Å². The van der Waals surface area contributed by atoms with Crippen molar-refractivity contribution in [1.29, 1.82) is 0 Å². The molecule has 1 amide bonds. The largest absolute Gasteiger partial charge is 0.324 e. The lowest BCUT2D eigenvalue weighted by Crippen LogP contribution is -2.15. The zero-order valence-corrected chi connectivity index (χ0v) is 9.78. The Bertz CT molecular complexity index is 540. The van der Waals surface area contributed by atoms with Crippen LogP contribution in [0.1, 0.15) is 16.3 Å². The van der Waals surface area contributed by atoms with Crippen molar-refractivity contribution in [3.05, 3.63) is 29.8 Å². The predicted molar refractivity (Wildman–Crippen MR) is 64.6 cm³/mol. The van der Waals surface area contributed by atoms with Crippen LogP contribution in [-0.4, -0.2) is 20.2 Å². The number of carbonyl (C=O) groups excluding carboxylic acids is 1. The van der Waals surface area contributed by atoms with Gasteiger partial charge in [0.05, 0.1) is 5.69 Å². The van der Waals surface area contributed by atoms with Gasteiger partial charge in [-0.1, -0.05) is 0 Å². The van der Waals surface area contributed by atoms with Crippen LogP contribution in [0.25, 0.3) is 0 Å². The van der Waals surface area contributed by atoms with Gasteiger partial charge in [0.15, 0.2) is 0 Å². The molecule has 4 N–H and O–H groups in total. The highest BCUT2D eigenvalue weighted by Gasteiger charge is 2.10. The molecule has 0 fully saturated rings. The van der Waals surface area contributed by atoms with Crippen LogP contribution in [-0.2, 0) is 0 Å². The fourth-order valence-corrected chi connectivity index (χ4v) is 1.72. The van der Waals surface area contributed by atoms with Crippen molar-refractivity contribution in [1.82, 2.24) is 14.3 Å². The number of nitrogen functional groups attached to an aromatic ring is 1. The summed E-state index contributed by atoms with van der Waals surface area (Å²) in [5, 5.41) is 3.05. The normalized spacial score (nSPS) is 10.0. The van der Waals surface area contributed by atoms with Gasteiger partial charge in [-0.05, 0) is 19.1 Å². The van der Waals surface area contributed by atoms with Crippen molar-refractivity contribution in [2.45, 2.75) is 6.92 Å². The molecule has 2 heterocycles. The number of carbonyl (C=O) groups is 1. The van der Waals surface area contributed by atoms with Gasteiger partial charge in [-0.15, -0.1) is 0 Å². The van der Waals surface area contributed by atoms with Crippen molar-refractivity contribution in [2.24, 2.45) is 5.84 Å². The lowest BCUT2D eigenvalue weighted by molar-refractivity contribution is 0.102. The summed E-state index contributed by atoms with van der Waals surface area (Å²) < 4.78 is 3.96. The summed E-state index contributed by atoms with van der Waals surface area (Å²) in [7, 11) is 0. The number of nitrogens with zero attached hydrogens (tertiary/aromatic N) is 3. The maximum atomic E-state index is 11.8. The Morgan fingerprint density at radius 2 is 2.35 bits per heavy atom. The second kappa shape index (κ2) is 4.85. The molecule has 0 saturated heterocycles. The molecule has 2 aromatic heterocycles. The maximum Gasteiger partial charge on any atom is 0.276 e. The summed E-state index contributed by atoms with van der Waals surface area (Å²) in [4.78, 5) is 19.8. The third kappa shape index (κ3) is 2.74. The highest BCUT2D eigenvalue weighted by Crippen LogP contribution is 2.12. The molecule has 0 aromatic carbocycles. The number of anilines is 2. The van der Waals surface area contributed by atoms with Gasteiger partial charge in [0.25, 0.3) is 5.91 Å². The maximum absolute atomic E-state index is 11.8. The Labute approximate surface area is 101 Å². The minimum atomic E-state index is -0.349. The lowest BCUT2D eigenvalue weighted by Gasteiger charge is -2.02. The smallest absolute Gasteiger partial charge is 0.276 e. The van der Waals surface area contributed by atoms with Crippen molar-refractivity contribution >= 4 is 28.3 Å². The first-order chi connectivity index (χ1) is 8.19. The molecule has 0 spiro atoms. The van der Waals surface area contributed by atoms with E-state index >= 15 is 0 Å². The predicted octanol–water partition coefficient (Wildman–Crippen LogP) is 0.779. The number of aryl methyl sites for hydroxylation is 1. The molecule has 0 unspecified atom stereocenters. The lowest BCUT2D eigenvalue weighted by atomic mass is 10.3. The molecule has 0 aliphatic rings. The summed E-state index contributed by atoms with van der Waals surface area (Å²) in [6.45, 7) is 1.75. The van der Waals surface area contributed by atoms with Crippen LogP contribution in [0.5, 0.6) is 0 Å². The van der Waals surface area contributed by atoms with Gasteiger partial charge in [0.1, 0.15) is 11.5 Å². The fraction of sp³-hybridized carbons (Fsp3) is 0.111. The zero-order valence-electron chi connectivity index (χ0n) is 8.97. The van der Waals surface area contributed by atoms with Crippen LogP contribution in [0.2, 0.25) is 0 Å². The van der Waals surface area contributed by atoms with E-state index in [1.807, 2.05) is 0 Å². The highest BCUT2D eigenvalue weighted by atomic mass is 32.1. The molecule has 0 saturated carbocycles. The first-order valence-electron chi connectivity index (χ1n) is 4.73. The number of amides is 1. The molecule has 0 atom stereocenters. The second-order valence-electron chi connectivity index (χ2n) is 3.17. The highest BCUT2D eigenvalue weighted by molar-refractivity contribution is 7.09. The Morgan fingerprint density at radius 3 is 3.00 bits per heavy atom. The number of pyridine rings is 1. The van der Waals surface area contributed by atoms with Crippen LogP contribution >= 0.6 is 11.5 Å². The second-order valence-corrected chi connectivity index (χ2v) is 3.93. The van der Waals surface area contributed by atoms with Gasteiger partial charge in [-0.2, -0.15) is 4.37 Å². The summed E-state index contributed by atoms with van der Waals surface area (Å²) in [6.07, 6.45) is 1.50. The number of hydrogen-bond acceptors (Lipinski definition) is 7. The first kappa shape index (κ1) is 11.4. The van der Waals surface area contributed by atoms with E-state index in [2.05, 4.69) is 25.1 Å². The van der Waals surface area contributed by atoms with Crippen LogP contribution in [0, 0.1) is 6.92 Å². The first-order valence-corrected chi connectivity index (χ1v) is 5.50. The van der Waals surface area contributed by atoms with E-state index in [4.69, 9.17) is 5.84 Å². The Hall–Kier alpha value is -2.06. The minimum absolute atomic E-state index is 0.258. The van der Waals surface area contributed by atoms with E-state index in [1.165, 1.54) is 6.20 Å². The summed E-state index contributed by atoms with van der Waals surface area (Å²) in [5.74, 6) is 5.52. The van der Waals surface area contributed by atoms with Crippen molar-refractivity contribution in [3.63, 3.8) is 0 Å². The molecule has 0 bridgehead atoms. The molecule has 0 aliphatic carbocycles. The fourth-order valence-electron chi connectivity index (χ4n) is 1.15. The quantitative estimate of drug-likeness (QED) is 0.549. The molecule has 7 nitrogen and oxygen atoms in total. The molecule has 0 radical (unpaired) electrons. The van der Waals surface area contributed by atoms with Gasteiger partial charge in [-0.25, -0.2) is 4.98 Å². The number of rotatable bonds is 3. The topological polar surface area (TPSA) is 106 Å². The minimum Gasteiger partial charge on any atom is -0.324 e. The SMILES string of the molecule is Cc1nsc(NC(=O)c2cc(NN)ccn2)n1. The van der Waals surface area contributed by atoms with E-state index in [-0.39, 0.29) is 11.6 Å². The van der Waals surface area contributed by atoms with Gasteiger partial charge < -0.3 is 5.43 Å². The molecular formula is C9H10N6OS. The third-order valence-electron chi connectivity index (χ3n) is 1.91. The van der Waals surface area contributed by atoms with E-state index < -0.39 is 0 Å². The van der Waals surface area contributed by atoms with Crippen molar-refractivity contribution < 1.29 is 4.79 Å². The van der Waals surface area contributed by atoms with Gasteiger partial charge >= 0.3 is 0 Å². The Balaban J connectivity index is 2.14. The van der Waals surface area contributed by atoms with Crippen LogP contribution in [0.3, 0.4) is 0 Å². The van der Waals surface area contributed by atoms with Crippen LogP contribution in [0.15, 0.2) is 18.3 Å². The molecule has 2 rings (SSSR count). The van der Waals surface area contributed by atoms with Crippen LogP contribution in [0.4, 0.5) is 10.8 Å². The summed E-state index contributed by atoms with van der Waals surface area (Å²) in [5.41, 5.74) is 3.31. The molecular weight excluding hydrogens is 240 g/mol. The van der Waals surface area contributed by atoms with E-state index in [0.717, 1.165) is 11.5 Å². The van der Waals surface area contributed by atoms with Crippen molar-refractivity contribution in [3.8, 4) is 0 Å². The number of nitrogens with one attached hydrogen (secondary N) is 2. The van der Waals surface area contributed by atoms with Gasteiger partial charge in [-0.3, -0.25) is 20.9 Å². The van der Waals surface area contributed by atoms with E-state index in [0.29, 0.717) is 16.6 Å². The van der Waals surface area contributed by atoms with Gasteiger partial charge in [0.2, 0.25) is 5.13 Å². The zero-order chi connectivity index (χ0) is 12.3. The van der Waals surface area contributed by atoms with Gasteiger partial charge in [0, 0.05) is 17.7 Å². The average molecular weight is 250 g/mol. The molecule has 17 heavy (non-hydrogen) atoms. The third-order valence-corrected chi connectivity index (χ3v) is 2.63. The Morgan fingerprint density at radius 1 is 1.53 bits per heavy atom. The molecule has 8 heteroatoms. The molecule has 0 aliphatic heterocycles. The summed E-state index contributed by atoms with van der Waals surface area (Å²) in [6, 6.07) is 3.20.